The van der Waals surface area contributed by atoms with Crippen molar-refractivity contribution in [3.05, 3.63) is 222 Å². The largest absolute Gasteiger partial charge is 0.456 e. The Kier molecular flexibility index (Phi) is 8.54. The van der Waals surface area contributed by atoms with E-state index in [0.29, 0.717) is 6.42 Å². The summed E-state index contributed by atoms with van der Waals surface area (Å²) in [5, 5.41) is 11.0. The Hall–Kier alpha value is -7.20. The zero-order valence-corrected chi connectivity index (χ0v) is 33.7. The number of furan rings is 1. The number of allylic oxidation sites excluding steroid dienone is 1. The molecule has 0 saturated heterocycles. The first-order chi connectivity index (χ1) is 29.4. The molecule has 0 aliphatic heterocycles. The van der Waals surface area contributed by atoms with Crippen molar-refractivity contribution in [1.29, 1.82) is 0 Å². The standard InChI is InChI=1S/C57H44N2O/c1-57(2)50-24-13-23-47(55(50)49-34-39-17-6-7-18-40(39)35-51(49)57)52(59-56(58)38-15-4-3-5-16-38)28-26-36-30-42(32-43(31-36)45-22-12-19-37-14-8-9-20-44(37)45)41-27-29-54-48(33-41)46-21-10-11-25-53(46)60-54/h3-25,27-35,56,59H,26,58H2,1-2H3/b52-28-. The molecular formula is C57H44N2O. The maximum atomic E-state index is 7.04. The number of fused-ring (bicyclic) bond motifs is 8. The van der Waals surface area contributed by atoms with Gasteiger partial charge in [0.2, 0.25) is 0 Å². The number of hydrogen-bond donors (Lipinski definition) is 2. The van der Waals surface area contributed by atoms with Gasteiger partial charge in [-0.1, -0.05) is 172 Å². The monoisotopic (exact) mass is 772 g/mol. The van der Waals surface area contributed by atoms with Gasteiger partial charge in [-0.05, 0) is 120 Å². The molecular weight excluding hydrogens is 729 g/mol. The van der Waals surface area contributed by atoms with Crippen LogP contribution < -0.4 is 11.1 Å². The van der Waals surface area contributed by atoms with E-state index in [1.165, 1.54) is 60.5 Å². The molecule has 1 atom stereocenters. The molecule has 9 aromatic carbocycles. The van der Waals surface area contributed by atoms with E-state index in [0.717, 1.165) is 49.9 Å². The van der Waals surface area contributed by atoms with Crippen molar-refractivity contribution < 1.29 is 4.42 Å². The lowest BCUT2D eigenvalue weighted by Crippen LogP contribution is -2.28. The molecule has 288 valence electrons. The smallest absolute Gasteiger partial charge is 0.135 e. The number of nitrogens with two attached hydrogens (primary N) is 1. The molecule has 0 fully saturated rings. The Morgan fingerprint density at radius 3 is 2.08 bits per heavy atom. The summed E-state index contributed by atoms with van der Waals surface area (Å²) < 4.78 is 6.24. The van der Waals surface area contributed by atoms with Crippen molar-refractivity contribution in [2.75, 3.05) is 0 Å². The molecule has 0 spiro atoms. The zero-order valence-electron chi connectivity index (χ0n) is 33.7. The second-order valence-corrected chi connectivity index (χ2v) is 16.7. The minimum atomic E-state index is -0.409. The first-order valence-electron chi connectivity index (χ1n) is 20.9. The van der Waals surface area contributed by atoms with Gasteiger partial charge in [0.05, 0.1) is 0 Å². The summed E-state index contributed by atoms with van der Waals surface area (Å²) in [6, 6.07) is 67.8. The second-order valence-electron chi connectivity index (χ2n) is 16.7. The van der Waals surface area contributed by atoms with Gasteiger partial charge < -0.3 is 15.5 Å². The van der Waals surface area contributed by atoms with Crippen molar-refractivity contribution in [3.63, 3.8) is 0 Å². The summed E-state index contributed by atoms with van der Waals surface area (Å²) in [7, 11) is 0. The second kappa shape index (κ2) is 14.3. The Morgan fingerprint density at radius 2 is 1.23 bits per heavy atom. The SMILES string of the molecule is CC1(C)c2cc3ccccc3cc2-c2c(/C(=C/Cc3cc(-c4ccc5oc6ccccc6c5c4)cc(-c4cccc5ccccc45)c3)NC(N)c3ccccc3)cccc21. The molecule has 1 unspecified atom stereocenters. The fraction of sp³-hybridized carbons (Fsp3) is 0.0877. The van der Waals surface area contributed by atoms with Gasteiger partial charge in [0, 0.05) is 27.4 Å². The quantitative estimate of drug-likeness (QED) is 0.151. The normalized spacial score (nSPS) is 13.8. The highest BCUT2D eigenvalue weighted by molar-refractivity contribution is 6.06. The summed E-state index contributed by atoms with van der Waals surface area (Å²) in [4.78, 5) is 0. The molecule has 3 nitrogen and oxygen atoms in total. The number of benzene rings is 9. The maximum absolute atomic E-state index is 7.04. The molecule has 10 aromatic rings. The number of rotatable bonds is 8. The molecule has 0 bridgehead atoms. The van der Waals surface area contributed by atoms with Crippen LogP contribution in [0.25, 0.3) is 82.6 Å². The summed E-state index contributed by atoms with van der Waals surface area (Å²) in [5.41, 5.74) is 23.0. The fourth-order valence-corrected chi connectivity index (χ4v) is 9.59. The van der Waals surface area contributed by atoms with Gasteiger partial charge in [0.1, 0.15) is 17.3 Å². The highest BCUT2D eigenvalue weighted by Gasteiger charge is 2.37. The van der Waals surface area contributed by atoms with Crippen LogP contribution in [0, 0.1) is 0 Å². The third kappa shape index (κ3) is 6.09. The fourth-order valence-electron chi connectivity index (χ4n) is 9.59. The summed E-state index contributed by atoms with van der Waals surface area (Å²) in [5.74, 6) is 0. The van der Waals surface area contributed by atoms with Gasteiger partial charge in [-0.15, -0.1) is 0 Å². The molecule has 60 heavy (non-hydrogen) atoms. The molecule has 1 aliphatic rings. The lowest BCUT2D eigenvalue weighted by atomic mass is 9.81. The Balaban J connectivity index is 1.09. The third-order valence-electron chi connectivity index (χ3n) is 12.7. The van der Waals surface area contributed by atoms with Crippen LogP contribution in [0.1, 0.15) is 47.8 Å². The molecule has 0 saturated carbocycles. The summed E-state index contributed by atoms with van der Waals surface area (Å²) in [6.45, 7) is 4.71. The highest BCUT2D eigenvalue weighted by Crippen LogP contribution is 2.52. The van der Waals surface area contributed by atoms with Gasteiger partial charge >= 0.3 is 0 Å². The van der Waals surface area contributed by atoms with Gasteiger partial charge in [-0.3, -0.25) is 0 Å². The molecule has 3 N–H and O–H groups in total. The van der Waals surface area contributed by atoms with E-state index in [1.807, 2.05) is 30.3 Å². The average molecular weight is 773 g/mol. The molecule has 1 aliphatic carbocycles. The van der Waals surface area contributed by atoms with E-state index in [1.54, 1.807) is 0 Å². The minimum Gasteiger partial charge on any atom is -0.456 e. The van der Waals surface area contributed by atoms with E-state index in [4.69, 9.17) is 10.2 Å². The van der Waals surface area contributed by atoms with Crippen LogP contribution in [0.2, 0.25) is 0 Å². The van der Waals surface area contributed by atoms with Crippen molar-refractivity contribution >= 4 is 49.2 Å². The van der Waals surface area contributed by atoms with E-state index < -0.39 is 6.17 Å². The van der Waals surface area contributed by atoms with E-state index in [2.05, 4.69) is 183 Å². The van der Waals surface area contributed by atoms with Crippen LogP contribution >= 0.6 is 0 Å². The Morgan fingerprint density at radius 1 is 0.550 bits per heavy atom. The van der Waals surface area contributed by atoms with Gasteiger partial charge in [0.15, 0.2) is 0 Å². The molecule has 1 heterocycles. The van der Waals surface area contributed by atoms with Crippen LogP contribution in [0.15, 0.2) is 199 Å². The van der Waals surface area contributed by atoms with E-state index in [-0.39, 0.29) is 5.41 Å². The van der Waals surface area contributed by atoms with Gasteiger partial charge in [0.25, 0.3) is 0 Å². The molecule has 11 rings (SSSR count). The van der Waals surface area contributed by atoms with Crippen molar-refractivity contribution in [2.24, 2.45) is 5.73 Å². The van der Waals surface area contributed by atoms with E-state index in [9.17, 15) is 0 Å². The summed E-state index contributed by atoms with van der Waals surface area (Å²) >= 11 is 0. The summed E-state index contributed by atoms with van der Waals surface area (Å²) in [6.07, 6.45) is 2.63. The van der Waals surface area contributed by atoms with Crippen LogP contribution in [-0.4, -0.2) is 0 Å². The average Bonchev–Trinajstić information content (AvgIpc) is 3.77. The third-order valence-corrected chi connectivity index (χ3v) is 12.7. The first kappa shape index (κ1) is 35.9. The lowest BCUT2D eigenvalue weighted by molar-refractivity contribution is 0.659. The Labute approximate surface area is 350 Å². The van der Waals surface area contributed by atoms with Crippen LogP contribution in [0.4, 0.5) is 0 Å². The molecule has 1 aromatic heterocycles. The minimum absolute atomic E-state index is 0.166. The van der Waals surface area contributed by atoms with Crippen molar-refractivity contribution in [2.45, 2.75) is 31.8 Å². The first-order valence-corrected chi connectivity index (χ1v) is 20.9. The van der Waals surface area contributed by atoms with Crippen LogP contribution in [0.3, 0.4) is 0 Å². The van der Waals surface area contributed by atoms with Crippen LogP contribution in [-0.2, 0) is 11.8 Å². The van der Waals surface area contributed by atoms with E-state index >= 15 is 0 Å². The zero-order chi connectivity index (χ0) is 40.4. The predicted molar refractivity (Wildman–Crippen MR) is 252 cm³/mol. The topological polar surface area (TPSA) is 51.2 Å². The van der Waals surface area contributed by atoms with Crippen LogP contribution in [0.5, 0.6) is 0 Å². The van der Waals surface area contributed by atoms with Gasteiger partial charge in [-0.25, -0.2) is 0 Å². The van der Waals surface area contributed by atoms with Crippen molar-refractivity contribution in [3.8, 4) is 33.4 Å². The Bertz CT molecular complexity index is 3310. The van der Waals surface area contributed by atoms with Crippen molar-refractivity contribution in [1.82, 2.24) is 5.32 Å². The number of para-hydroxylation sites is 1. The highest BCUT2D eigenvalue weighted by atomic mass is 16.3. The molecule has 0 radical (unpaired) electrons. The molecule has 0 amide bonds. The molecule has 3 heteroatoms. The van der Waals surface area contributed by atoms with Gasteiger partial charge in [-0.2, -0.15) is 0 Å². The lowest BCUT2D eigenvalue weighted by Gasteiger charge is -2.23. The number of nitrogens with one attached hydrogen (secondary N) is 1. The maximum Gasteiger partial charge on any atom is 0.135 e. The number of hydrogen-bond acceptors (Lipinski definition) is 3. The predicted octanol–water partition coefficient (Wildman–Crippen LogP) is 14.4.